The topological polar surface area (TPSA) is 46.4 Å². The molecule has 19 heavy (non-hydrogen) atoms. The second-order valence-corrected chi connectivity index (χ2v) is 6.06. The summed E-state index contributed by atoms with van der Waals surface area (Å²) in [5.74, 6) is 0. The molecule has 0 bridgehead atoms. The van der Waals surface area contributed by atoms with Crippen molar-refractivity contribution in [2.75, 3.05) is 7.05 Å². The van der Waals surface area contributed by atoms with Crippen LogP contribution in [0.15, 0.2) is 36.4 Å². The average Bonchev–Trinajstić information content (AvgIpc) is 2.75. The van der Waals surface area contributed by atoms with Gasteiger partial charge in [0.05, 0.1) is 9.26 Å². The normalized spacial score (nSPS) is 10.9. The minimum Gasteiger partial charge on any atom is -0.297 e. The lowest BCUT2D eigenvalue weighted by Gasteiger charge is -2.15. The van der Waals surface area contributed by atoms with E-state index in [0.717, 1.165) is 21.3 Å². The zero-order valence-electron chi connectivity index (χ0n) is 10.4. The Morgan fingerprint density at radius 2 is 2.00 bits per heavy atom. The minimum atomic E-state index is -0.342. The molecule has 0 fully saturated rings. The standard InChI is InChI=1S/C13H13ClN2O2S/c1-15(9-11-6-7-13(14)19-11)8-10-4-2-3-5-12(10)16(17)18/h2-7H,8-9H2,1H3. The van der Waals surface area contributed by atoms with Gasteiger partial charge in [0.15, 0.2) is 0 Å². The van der Waals surface area contributed by atoms with Gasteiger partial charge in [0, 0.05) is 29.6 Å². The lowest BCUT2D eigenvalue weighted by atomic mass is 10.1. The van der Waals surface area contributed by atoms with E-state index >= 15 is 0 Å². The van der Waals surface area contributed by atoms with E-state index in [-0.39, 0.29) is 10.6 Å². The van der Waals surface area contributed by atoms with E-state index in [1.165, 1.54) is 17.4 Å². The Morgan fingerprint density at radius 1 is 1.26 bits per heavy atom. The van der Waals surface area contributed by atoms with Crippen LogP contribution in [0.3, 0.4) is 0 Å². The molecule has 0 saturated heterocycles. The SMILES string of the molecule is CN(Cc1ccc(Cl)s1)Cc1ccccc1[N+](=O)[O-]. The van der Waals surface area contributed by atoms with Gasteiger partial charge in [-0.25, -0.2) is 0 Å². The van der Waals surface area contributed by atoms with Crippen molar-refractivity contribution >= 4 is 28.6 Å². The van der Waals surface area contributed by atoms with Crippen molar-refractivity contribution < 1.29 is 4.92 Å². The molecule has 0 N–H and O–H groups in total. The molecule has 6 heteroatoms. The van der Waals surface area contributed by atoms with Gasteiger partial charge in [0.1, 0.15) is 0 Å². The van der Waals surface area contributed by atoms with Crippen LogP contribution in [0, 0.1) is 10.1 Å². The summed E-state index contributed by atoms with van der Waals surface area (Å²) >= 11 is 7.41. The third kappa shape index (κ3) is 3.76. The highest BCUT2D eigenvalue weighted by molar-refractivity contribution is 7.16. The van der Waals surface area contributed by atoms with Crippen molar-refractivity contribution in [2.45, 2.75) is 13.1 Å². The molecule has 2 aromatic rings. The van der Waals surface area contributed by atoms with Crippen molar-refractivity contribution in [1.29, 1.82) is 0 Å². The van der Waals surface area contributed by atoms with Gasteiger partial charge in [-0.05, 0) is 19.2 Å². The summed E-state index contributed by atoms with van der Waals surface area (Å²) in [4.78, 5) is 13.8. The van der Waals surface area contributed by atoms with Gasteiger partial charge in [0.25, 0.3) is 5.69 Å². The Bertz CT molecular complexity index is 586. The van der Waals surface area contributed by atoms with Crippen LogP contribution < -0.4 is 0 Å². The highest BCUT2D eigenvalue weighted by Gasteiger charge is 2.14. The summed E-state index contributed by atoms with van der Waals surface area (Å²) in [5, 5.41) is 10.9. The van der Waals surface area contributed by atoms with Crippen LogP contribution in [-0.4, -0.2) is 16.9 Å². The molecule has 1 heterocycles. The fraction of sp³-hybridized carbons (Fsp3) is 0.231. The van der Waals surface area contributed by atoms with Crippen LogP contribution in [0.25, 0.3) is 0 Å². The Labute approximate surface area is 120 Å². The van der Waals surface area contributed by atoms with E-state index < -0.39 is 0 Å². The number of rotatable bonds is 5. The van der Waals surface area contributed by atoms with Crippen molar-refractivity contribution in [3.05, 3.63) is 61.3 Å². The predicted octanol–water partition coefficient (Wildman–Crippen LogP) is 3.94. The van der Waals surface area contributed by atoms with Gasteiger partial charge >= 0.3 is 0 Å². The van der Waals surface area contributed by atoms with Crippen LogP contribution in [0.5, 0.6) is 0 Å². The Balaban J connectivity index is 2.06. The number of halogens is 1. The van der Waals surface area contributed by atoms with E-state index in [1.807, 2.05) is 30.1 Å². The second kappa shape index (κ2) is 6.14. The van der Waals surface area contributed by atoms with Crippen molar-refractivity contribution in [2.24, 2.45) is 0 Å². The zero-order valence-corrected chi connectivity index (χ0v) is 11.9. The van der Waals surface area contributed by atoms with Crippen LogP contribution in [0.2, 0.25) is 4.34 Å². The molecular formula is C13H13ClN2O2S. The Kier molecular flexibility index (Phi) is 4.52. The van der Waals surface area contributed by atoms with E-state index in [0.29, 0.717) is 6.54 Å². The number of hydrogen-bond donors (Lipinski definition) is 0. The molecule has 4 nitrogen and oxygen atoms in total. The number of hydrogen-bond acceptors (Lipinski definition) is 4. The maximum atomic E-state index is 10.9. The molecular weight excluding hydrogens is 284 g/mol. The molecule has 2 rings (SSSR count). The first kappa shape index (κ1) is 14.0. The van der Waals surface area contributed by atoms with Gasteiger partial charge in [-0.1, -0.05) is 29.8 Å². The maximum absolute atomic E-state index is 10.9. The van der Waals surface area contributed by atoms with Crippen molar-refractivity contribution in [3.63, 3.8) is 0 Å². The maximum Gasteiger partial charge on any atom is 0.273 e. The molecule has 0 radical (unpaired) electrons. The van der Waals surface area contributed by atoms with Crippen LogP contribution in [0.4, 0.5) is 5.69 Å². The van der Waals surface area contributed by atoms with Gasteiger partial charge in [0.2, 0.25) is 0 Å². The molecule has 0 aliphatic rings. The van der Waals surface area contributed by atoms with Crippen LogP contribution in [-0.2, 0) is 13.1 Å². The lowest BCUT2D eigenvalue weighted by Crippen LogP contribution is -2.17. The van der Waals surface area contributed by atoms with E-state index in [4.69, 9.17) is 11.6 Å². The Morgan fingerprint density at radius 3 is 2.63 bits per heavy atom. The van der Waals surface area contributed by atoms with Crippen molar-refractivity contribution in [3.8, 4) is 0 Å². The predicted molar refractivity (Wildman–Crippen MR) is 77.6 cm³/mol. The monoisotopic (exact) mass is 296 g/mol. The fourth-order valence-corrected chi connectivity index (χ4v) is 3.04. The van der Waals surface area contributed by atoms with E-state index in [2.05, 4.69) is 0 Å². The molecule has 0 saturated carbocycles. The molecule has 0 spiro atoms. The molecule has 0 aliphatic heterocycles. The van der Waals surface area contributed by atoms with Crippen LogP contribution >= 0.6 is 22.9 Å². The number of nitro benzene ring substituents is 1. The quantitative estimate of drug-likeness (QED) is 0.620. The Hall–Kier alpha value is -1.43. The highest BCUT2D eigenvalue weighted by Crippen LogP contribution is 2.24. The number of thiophene rings is 1. The van der Waals surface area contributed by atoms with Gasteiger partial charge in [-0.3, -0.25) is 15.0 Å². The first-order valence-electron chi connectivity index (χ1n) is 5.71. The molecule has 0 atom stereocenters. The summed E-state index contributed by atoms with van der Waals surface area (Å²) in [6.45, 7) is 1.26. The molecule has 0 aliphatic carbocycles. The molecule has 1 aromatic carbocycles. The van der Waals surface area contributed by atoms with E-state index in [1.54, 1.807) is 12.1 Å². The van der Waals surface area contributed by atoms with Gasteiger partial charge in [-0.15, -0.1) is 11.3 Å². The van der Waals surface area contributed by atoms with Crippen molar-refractivity contribution in [1.82, 2.24) is 4.90 Å². The number of para-hydroxylation sites is 1. The molecule has 0 amide bonds. The summed E-state index contributed by atoms with van der Waals surface area (Å²) < 4.78 is 0.758. The largest absolute Gasteiger partial charge is 0.297 e. The zero-order chi connectivity index (χ0) is 13.8. The second-order valence-electron chi connectivity index (χ2n) is 4.26. The molecule has 0 unspecified atom stereocenters. The lowest BCUT2D eigenvalue weighted by molar-refractivity contribution is -0.385. The highest BCUT2D eigenvalue weighted by atomic mass is 35.5. The third-order valence-corrected chi connectivity index (χ3v) is 3.90. The van der Waals surface area contributed by atoms with E-state index in [9.17, 15) is 10.1 Å². The first-order chi connectivity index (χ1) is 9.06. The van der Waals surface area contributed by atoms with Crippen LogP contribution in [0.1, 0.15) is 10.4 Å². The summed E-state index contributed by atoms with van der Waals surface area (Å²) in [7, 11) is 1.93. The summed E-state index contributed by atoms with van der Waals surface area (Å²) in [5.41, 5.74) is 0.885. The summed E-state index contributed by atoms with van der Waals surface area (Å²) in [6.07, 6.45) is 0. The van der Waals surface area contributed by atoms with Gasteiger partial charge in [-0.2, -0.15) is 0 Å². The smallest absolute Gasteiger partial charge is 0.273 e. The number of benzene rings is 1. The number of nitrogens with zero attached hydrogens (tertiary/aromatic N) is 2. The number of nitro groups is 1. The fourth-order valence-electron chi connectivity index (χ4n) is 1.87. The summed E-state index contributed by atoms with van der Waals surface area (Å²) in [6, 6.07) is 10.7. The molecule has 100 valence electrons. The minimum absolute atomic E-state index is 0.165. The van der Waals surface area contributed by atoms with Gasteiger partial charge < -0.3 is 0 Å². The first-order valence-corrected chi connectivity index (χ1v) is 6.91. The molecule has 1 aromatic heterocycles. The average molecular weight is 297 g/mol. The third-order valence-electron chi connectivity index (χ3n) is 2.68.